The Balaban J connectivity index is 1.97. The van der Waals surface area contributed by atoms with Gasteiger partial charge in [0, 0.05) is 6.61 Å². The zero-order valence-electron chi connectivity index (χ0n) is 9.13. The summed E-state index contributed by atoms with van der Waals surface area (Å²) in [5, 5.41) is 11.6. The topological polar surface area (TPSA) is 78.8 Å². The quantitative estimate of drug-likeness (QED) is 0.781. The fraction of sp³-hybridized carbons (Fsp3) is 0.889. The van der Waals surface area contributed by atoms with Crippen LogP contribution in [0.2, 0.25) is 0 Å². The number of rotatable bonds is 4. The van der Waals surface area contributed by atoms with Crippen molar-refractivity contribution in [1.29, 1.82) is 0 Å². The number of tetrazole rings is 1. The Morgan fingerprint density at radius 1 is 1.60 bits per heavy atom. The molecule has 0 aliphatic heterocycles. The van der Waals surface area contributed by atoms with Crippen LogP contribution < -0.4 is 5.73 Å². The van der Waals surface area contributed by atoms with Crippen molar-refractivity contribution in [2.75, 3.05) is 6.61 Å². The zero-order chi connectivity index (χ0) is 10.8. The van der Waals surface area contributed by atoms with Crippen LogP contribution in [0.3, 0.4) is 0 Å². The predicted octanol–water partition coefficient (Wildman–Crippen LogP) is 0.433. The Labute approximate surface area is 88.8 Å². The molecule has 0 bridgehead atoms. The number of ether oxygens (including phenoxy) is 1. The molecule has 1 aromatic heterocycles. The first-order valence-corrected chi connectivity index (χ1v) is 5.37. The van der Waals surface area contributed by atoms with E-state index >= 15 is 0 Å². The van der Waals surface area contributed by atoms with Crippen molar-refractivity contribution in [1.82, 2.24) is 20.2 Å². The minimum atomic E-state index is -0.119. The van der Waals surface area contributed by atoms with Crippen LogP contribution in [0.25, 0.3) is 0 Å². The van der Waals surface area contributed by atoms with Gasteiger partial charge in [-0.15, -0.1) is 5.10 Å². The molecule has 6 heteroatoms. The number of hydrogen-bond donors (Lipinski definition) is 1. The van der Waals surface area contributed by atoms with Crippen LogP contribution in [-0.4, -0.2) is 32.9 Å². The lowest BCUT2D eigenvalue weighted by molar-refractivity contribution is -0.0240. The minimum Gasteiger partial charge on any atom is -0.378 e. The molecule has 84 valence electrons. The lowest BCUT2D eigenvalue weighted by atomic mass is 9.89. The van der Waals surface area contributed by atoms with Gasteiger partial charge in [0.15, 0.2) is 5.82 Å². The summed E-state index contributed by atoms with van der Waals surface area (Å²) >= 11 is 0. The largest absolute Gasteiger partial charge is 0.378 e. The van der Waals surface area contributed by atoms with E-state index in [-0.39, 0.29) is 6.04 Å². The van der Waals surface area contributed by atoms with Crippen molar-refractivity contribution in [2.24, 2.45) is 5.73 Å². The normalized spacial score (nSPS) is 27.4. The summed E-state index contributed by atoms with van der Waals surface area (Å²) in [6.07, 6.45) is 2.34. The molecule has 1 heterocycles. The first-order valence-electron chi connectivity index (χ1n) is 5.37. The first kappa shape index (κ1) is 10.5. The monoisotopic (exact) mass is 211 g/mol. The van der Waals surface area contributed by atoms with Gasteiger partial charge >= 0.3 is 0 Å². The van der Waals surface area contributed by atoms with Crippen LogP contribution in [-0.2, 0) is 4.74 Å². The van der Waals surface area contributed by atoms with Crippen molar-refractivity contribution >= 4 is 0 Å². The maximum Gasteiger partial charge on any atom is 0.167 e. The van der Waals surface area contributed by atoms with Crippen LogP contribution in [0.15, 0.2) is 0 Å². The molecule has 1 unspecified atom stereocenters. The van der Waals surface area contributed by atoms with Crippen molar-refractivity contribution in [3.05, 3.63) is 5.82 Å². The lowest BCUT2D eigenvalue weighted by Crippen LogP contribution is -2.35. The van der Waals surface area contributed by atoms with Gasteiger partial charge in [0.25, 0.3) is 0 Å². The Morgan fingerprint density at radius 2 is 2.33 bits per heavy atom. The van der Waals surface area contributed by atoms with E-state index in [1.165, 1.54) is 0 Å². The highest BCUT2D eigenvalue weighted by Gasteiger charge is 2.33. The third-order valence-corrected chi connectivity index (χ3v) is 2.74. The van der Waals surface area contributed by atoms with Gasteiger partial charge in [-0.25, -0.2) is 4.68 Å². The molecule has 1 fully saturated rings. The average molecular weight is 211 g/mol. The van der Waals surface area contributed by atoms with Crippen LogP contribution >= 0.6 is 0 Å². The molecule has 6 nitrogen and oxygen atoms in total. The molecule has 0 saturated heterocycles. The molecule has 15 heavy (non-hydrogen) atoms. The molecular formula is C9H17N5O. The fourth-order valence-electron chi connectivity index (χ4n) is 1.87. The summed E-state index contributed by atoms with van der Waals surface area (Å²) in [6.45, 7) is 4.67. The Hall–Kier alpha value is -1.01. The van der Waals surface area contributed by atoms with Gasteiger partial charge in [0.1, 0.15) is 0 Å². The molecule has 0 spiro atoms. The van der Waals surface area contributed by atoms with Gasteiger partial charge in [-0.05, 0) is 37.1 Å². The summed E-state index contributed by atoms with van der Waals surface area (Å²) in [7, 11) is 0. The highest BCUT2D eigenvalue weighted by molar-refractivity contribution is 4.94. The predicted molar refractivity (Wildman–Crippen MR) is 54.1 cm³/mol. The van der Waals surface area contributed by atoms with E-state index in [9.17, 15) is 0 Å². The lowest BCUT2D eigenvalue weighted by Gasteiger charge is -2.35. The van der Waals surface area contributed by atoms with E-state index in [2.05, 4.69) is 15.5 Å². The molecule has 0 radical (unpaired) electrons. The van der Waals surface area contributed by atoms with Crippen LogP contribution in [0.5, 0.6) is 0 Å². The molecule has 2 rings (SSSR count). The summed E-state index contributed by atoms with van der Waals surface area (Å²) in [6, 6.07) is 0.240. The number of aromatic nitrogens is 4. The van der Waals surface area contributed by atoms with Gasteiger partial charge in [-0.2, -0.15) is 0 Å². The highest BCUT2D eigenvalue weighted by atomic mass is 16.5. The Bertz CT molecular complexity index is 318. The maximum atomic E-state index is 5.77. The van der Waals surface area contributed by atoms with E-state index in [0.29, 0.717) is 12.1 Å². The number of hydrogen-bond acceptors (Lipinski definition) is 5. The standard InChI is InChI=1S/C9H17N5O/c1-3-15-8-4-7(5-8)14-9(6(2)10)11-12-13-14/h6-8H,3-5,10H2,1-2H3. The third kappa shape index (κ3) is 2.00. The molecule has 1 saturated carbocycles. The molecular weight excluding hydrogens is 194 g/mol. The molecule has 1 aromatic rings. The van der Waals surface area contributed by atoms with Gasteiger partial charge < -0.3 is 10.5 Å². The van der Waals surface area contributed by atoms with E-state index in [1.807, 2.05) is 18.5 Å². The number of nitrogens with two attached hydrogens (primary N) is 1. The van der Waals surface area contributed by atoms with Gasteiger partial charge in [0.2, 0.25) is 0 Å². The van der Waals surface area contributed by atoms with E-state index in [4.69, 9.17) is 10.5 Å². The molecule has 0 amide bonds. The minimum absolute atomic E-state index is 0.119. The molecule has 2 N–H and O–H groups in total. The van der Waals surface area contributed by atoms with Crippen LogP contribution in [0.1, 0.15) is 44.6 Å². The summed E-state index contributed by atoms with van der Waals surface area (Å²) in [4.78, 5) is 0. The molecule has 1 aliphatic carbocycles. The van der Waals surface area contributed by atoms with Crippen molar-refractivity contribution in [3.63, 3.8) is 0 Å². The SMILES string of the molecule is CCOC1CC(n2nnnc2C(C)N)C1. The summed E-state index contributed by atoms with van der Waals surface area (Å²) in [5.41, 5.74) is 5.77. The molecule has 1 aliphatic rings. The van der Waals surface area contributed by atoms with E-state index in [1.54, 1.807) is 0 Å². The van der Waals surface area contributed by atoms with Crippen LogP contribution in [0, 0.1) is 0 Å². The van der Waals surface area contributed by atoms with Gasteiger partial charge in [-0.3, -0.25) is 0 Å². The zero-order valence-corrected chi connectivity index (χ0v) is 9.13. The van der Waals surface area contributed by atoms with E-state index < -0.39 is 0 Å². The fourth-order valence-corrected chi connectivity index (χ4v) is 1.87. The first-order chi connectivity index (χ1) is 7.22. The Morgan fingerprint density at radius 3 is 2.93 bits per heavy atom. The van der Waals surface area contributed by atoms with Gasteiger partial charge in [-0.1, -0.05) is 0 Å². The maximum absolute atomic E-state index is 5.77. The second kappa shape index (κ2) is 4.24. The summed E-state index contributed by atoms with van der Waals surface area (Å²) < 4.78 is 7.33. The molecule has 1 atom stereocenters. The number of nitrogens with zero attached hydrogens (tertiary/aromatic N) is 4. The summed E-state index contributed by atoms with van der Waals surface area (Å²) in [5.74, 6) is 0.759. The second-order valence-corrected chi connectivity index (χ2v) is 3.97. The highest BCUT2D eigenvalue weighted by Crippen LogP contribution is 2.34. The smallest absolute Gasteiger partial charge is 0.167 e. The van der Waals surface area contributed by atoms with E-state index in [0.717, 1.165) is 25.3 Å². The van der Waals surface area contributed by atoms with Crippen LogP contribution in [0.4, 0.5) is 0 Å². The Kier molecular flexibility index (Phi) is 2.97. The van der Waals surface area contributed by atoms with Crippen molar-refractivity contribution < 1.29 is 4.74 Å². The van der Waals surface area contributed by atoms with Crippen molar-refractivity contribution in [3.8, 4) is 0 Å². The second-order valence-electron chi connectivity index (χ2n) is 3.97. The molecule has 0 aromatic carbocycles. The third-order valence-electron chi connectivity index (χ3n) is 2.74. The van der Waals surface area contributed by atoms with Crippen molar-refractivity contribution in [2.45, 2.75) is 44.9 Å². The average Bonchev–Trinajstić information content (AvgIpc) is 2.58. The van der Waals surface area contributed by atoms with Gasteiger partial charge in [0.05, 0.1) is 18.2 Å².